The molecule has 1 heterocycles. The van der Waals surface area contributed by atoms with Gasteiger partial charge in [-0.3, -0.25) is 0 Å². The lowest BCUT2D eigenvalue weighted by Gasteiger charge is -2.12. The summed E-state index contributed by atoms with van der Waals surface area (Å²) in [6.07, 6.45) is 0. The summed E-state index contributed by atoms with van der Waals surface area (Å²) in [6, 6.07) is 10.3. The third-order valence-corrected chi connectivity index (χ3v) is 4.21. The first-order valence-electron chi connectivity index (χ1n) is 8.97. The number of ether oxygens (including phenoxy) is 5. The first-order chi connectivity index (χ1) is 14.6. The van der Waals surface area contributed by atoms with E-state index in [-0.39, 0.29) is 18.4 Å². The molecule has 0 aliphatic rings. The molecule has 30 heavy (non-hydrogen) atoms. The average Bonchev–Trinajstić information content (AvgIpc) is 3.26. The Bertz CT molecular complexity index is 974. The molecule has 0 spiro atoms. The number of nitrogens with zero attached hydrogens (tertiary/aromatic N) is 2. The molecule has 0 saturated carbocycles. The van der Waals surface area contributed by atoms with Crippen molar-refractivity contribution in [2.45, 2.75) is 13.2 Å². The van der Waals surface area contributed by atoms with Crippen LogP contribution in [0.3, 0.4) is 0 Å². The van der Waals surface area contributed by atoms with E-state index in [0.717, 1.165) is 5.56 Å². The minimum absolute atomic E-state index is 0.156. The van der Waals surface area contributed by atoms with Gasteiger partial charge >= 0.3 is 5.97 Å². The van der Waals surface area contributed by atoms with Gasteiger partial charge in [-0.25, -0.2) is 4.79 Å². The summed E-state index contributed by atoms with van der Waals surface area (Å²) < 4.78 is 31.9. The van der Waals surface area contributed by atoms with Crippen molar-refractivity contribution in [2.24, 2.45) is 0 Å². The Balaban J connectivity index is 1.70. The highest BCUT2D eigenvalue weighted by atomic mass is 16.5. The van der Waals surface area contributed by atoms with Crippen LogP contribution in [0.2, 0.25) is 0 Å². The smallest absolute Gasteiger partial charge is 0.338 e. The van der Waals surface area contributed by atoms with E-state index in [0.29, 0.717) is 35.0 Å². The predicted octanol–water partition coefficient (Wildman–Crippen LogP) is 3.27. The average molecular weight is 414 g/mol. The molecule has 9 nitrogen and oxygen atoms in total. The van der Waals surface area contributed by atoms with E-state index in [2.05, 4.69) is 10.2 Å². The van der Waals surface area contributed by atoms with E-state index in [9.17, 15) is 4.79 Å². The summed E-state index contributed by atoms with van der Waals surface area (Å²) in [4.78, 5) is 12.2. The van der Waals surface area contributed by atoms with Crippen LogP contribution < -0.4 is 14.2 Å². The van der Waals surface area contributed by atoms with Gasteiger partial charge < -0.3 is 28.1 Å². The van der Waals surface area contributed by atoms with Crippen molar-refractivity contribution >= 4 is 5.97 Å². The van der Waals surface area contributed by atoms with Gasteiger partial charge in [0.2, 0.25) is 11.6 Å². The normalized spacial score (nSPS) is 10.5. The number of esters is 1. The zero-order valence-corrected chi connectivity index (χ0v) is 17.1. The number of benzene rings is 2. The number of hydrogen-bond donors (Lipinski definition) is 0. The number of carbonyl (C=O) groups excluding carboxylic acids is 1. The Kier molecular flexibility index (Phi) is 6.87. The van der Waals surface area contributed by atoms with E-state index in [1.807, 2.05) is 0 Å². The fourth-order valence-electron chi connectivity index (χ4n) is 2.75. The molecule has 0 fully saturated rings. The minimum Gasteiger partial charge on any atom is -0.493 e. The van der Waals surface area contributed by atoms with Gasteiger partial charge in [-0.2, -0.15) is 0 Å². The van der Waals surface area contributed by atoms with Gasteiger partial charge in [-0.05, 0) is 29.8 Å². The first kappa shape index (κ1) is 21.1. The van der Waals surface area contributed by atoms with Crippen LogP contribution in [0.15, 0.2) is 40.8 Å². The SMILES string of the molecule is COCc1ccc(C(=O)OCc2nnc(-c3cc(OC)c(OC)c(OC)c3)o2)cc1. The molecular formula is C21H22N2O7. The van der Waals surface area contributed by atoms with E-state index in [1.54, 1.807) is 43.5 Å². The van der Waals surface area contributed by atoms with Crippen molar-refractivity contribution < 1.29 is 32.9 Å². The summed E-state index contributed by atoms with van der Waals surface area (Å²) in [7, 11) is 6.16. The molecule has 9 heteroatoms. The van der Waals surface area contributed by atoms with E-state index >= 15 is 0 Å². The third-order valence-electron chi connectivity index (χ3n) is 4.21. The summed E-state index contributed by atoms with van der Waals surface area (Å²) in [5.74, 6) is 1.25. The summed E-state index contributed by atoms with van der Waals surface area (Å²) in [5.41, 5.74) is 1.95. The van der Waals surface area contributed by atoms with E-state index < -0.39 is 5.97 Å². The van der Waals surface area contributed by atoms with Crippen LogP contribution in [0.5, 0.6) is 17.2 Å². The largest absolute Gasteiger partial charge is 0.493 e. The topological polar surface area (TPSA) is 102 Å². The zero-order chi connectivity index (χ0) is 21.5. The Morgan fingerprint density at radius 3 is 2.13 bits per heavy atom. The Labute approximate surface area is 173 Å². The van der Waals surface area contributed by atoms with Crippen LogP contribution in [-0.2, 0) is 22.7 Å². The monoisotopic (exact) mass is 414 g/mol. The maximum Gasteiger partial charge on any atom is 0.338 e. The minimum atomic E-state index is -0.494. The molecular weight excluding hydrogens is 392 g/mol. The van der Waals surface area contributed by atoms with Gasteiger partial charge in [0, 0.05) is 12.7 Å². The summed E-state index contributed by atoms with van der Waals surface area (Å²) in [5, 5.41) is 7.93. The summed E-state index contributed by atoms with van der Waals surface area (Å²) >= 11 is 0. The number of hydrogen-bond acceptors (Lipinski definition) is 9. The lowest BCUT2D eigenvalue weighted by atomic mass is 10.1. The molecule has 0 bridgehead atoms. The fraction of sp³-hybridized carbons (Fsp3) is 0.286. The second kappa shape index (κ2) is 9.75. The molecule has 0 aliphatic carbocycles. The highest BCUT2D eigenvalue weighted by Gasteiger charge is 2.18. The molecule has 2 aromatic carbocycles. The third kappa shape index (κ3) is 4.69. The maximum atomic E-state index is 12.2. The van der Waals surface area contributed by atoms with E-state index in [1.165, 1.54) is 21.3 Å². The zero-order valence-electron chi connectivity index (χ0n) is 17.1. The van der Waals surface area contributed by atoms with Crippen LogP contribution >= 0.6 is 0 Å². The van der Waals surface area contributed by atoms with Gasteiger partial charge in [0.05, 0.1) is 33.5 Å². The molecule has 158 valence electrons. The molecule has 0 radical (unpaired) electrons. The molecule has 0 aliphatic heterocycles. The first-order valence-corrected chi connectivity index (χ1v) is 8.97. The van der Waals surface area contributed by atoms with Crippen molar-refractivity contribution in [3.8, 4) is 28.7 Å². The highest BCUT2D eigenvalue weighted by Crippen LogP contribution is 2.40. The molecule has 0 N–H and O–H groups in total. The van der Waals surface area contributed by atoms with Crippen LogP contribution in [0.1, 0.15) is 21.8 Å². The Hall–Kier alpha value is -3.59. The molecule has 0 saturated heterocycles. The lowest BCUT2D eigenvalue weighted by molar-refractivity contribution is 0.0438. The molecule has 0 atom stereocenters. The standard InChI is InChI=1S/C21H22N2O7/c1-25-11-13-5-7-14(8-6-13)21(24)29-12-18-22-23-20(30-18)15-9-16(26-2)19(28-4)17(10-15)27-3/h5-10H,11-12H2,1-4H3. The number of rotatable bonds is 9. The lowest BCUT2D eigenvalue weighted by Crippen LogP contribution is -2.05. The maximum absolute atomic E-state index is 12.2. The van der Waals surface area contributed by atoms with Crippen LogP contribution in [-0.4, -0.2) is 44.6 Å². The van der Waals surface area contributed by atoms with Crippen LogP contribution in [0.4, 0.5) is 0 Å². The fourth-order valence-corrected chi connectivity index (χ4v) is 2.75. The van der Waals surface area contributed by atoms with Crippen LogP contribution in [0.25, 0.3) is 11.5 Å². The van der Waals surface area contributed by atoms with Crippen LogP contribution in [0, 0.1) is 0 Å². The molecule has 0 unspecified atom stereocenters. The molecule has 1 aromatic heterocycles. The van der Waals surface area contributed by atoms with Gasteiger partial charge in [-0.1, -0.05) is 12.1 Å². The van der Waals surface area contributed by atoms with Crippen molar-refractivity contribution in [1.82, 2.24) is 10.2 Å². The predicted molar refractivity (Wildman–Crippen MR) is 106 cm³/mol. The Morgan fingerprint density at radius 2 is 1.57 bits per heavy atom. The van der Waals surface area contributed by atoms with Crippen molar-refractivity contribution in [2.75, 3.05) is 28.4 Å². The van der Waals surface area contributed by atoms with Crippen molar-refractivity contribution in [3.63, 3.8) is 0 Å². The number of carbonyl (C=O) groups is 1. The van der Waals surface area contributed by atoms with Gasteiger partial charge in [0.1, 0.15) is 0 Å². The van der Waals surface area contributed by atoms with E-state index in [4.69, 9.17) is 28.1 Å². The highest BCUT2D eigenvalue weighted by molar-refractivity contribution is 5.89. The Morgan fingerprint density at radius 1 is 0.900 bits per heavy atom. The van der Waals surface area contributed by atoms with Gasteiger partial charge in [0.15, 0.2) is 18.1 Å². The van der Waals surface area contributed by atoms with Crippen molar-refractivity contribution in [1.29, 1.82) is 0 Å². The molecule has 3 aromatic rings. The second-order valence-electron chi connectivity index (χ2n) is 6.12. The second-order valence-corrected chi connectivity index (χ2v) is 6.12. The van der Waals surface area contributed by atoms with Gasteiger partial charge in [0.25, 0.3) is 5.89 Å². The molecule has 0 amide bonds. The number of methoxy groups -OCH3 is 4. The number of aromatic nitrogens is 2. The summed E-state index contributed by atoms with van der Waals surface area (Å²) in [6.45, 7) is 0.317. The van der Waals surface area contributed by atoms with Gasteiger partial charge in [-0.15, -0.1) is 10.2 Å². The quantitative estimate of drug-likeness (QED) is 0.488. The molecule has 3 rings (SSSR count). The van der Waals surface area contributed by atoms with Crippen molar-refractivity contribution in [3.05, 3.63) is 53.4 Å².